The molecule has 4 heteroatoms. The van der Waals surface area contributed by atoms with Gasteiger partial charge in [-0.05, 0) is 50.8 Å². The Bertz CT molecular complexity index is 456. The quantitative estimate of drug-likeness (QED) is 0.799. The number of nitrogens with one attached hydrogen (secondary N) is 1. The van der Waals surface area contributed by atoms with Gasteiger partial charge in [-0.3, -0.25) is 4.79 Å². The summed E-state index contributed by atoms with van der Waals surface area (Å²) in [6.45, 7) is 4.37. The SMILES string of the molecule is CC(C)Oc1cccc(CC(CN)C(=O)NC2CC2)c1. The van der Waals surface area contributed by atoms with E-state index in [1.807, 2.05) is 38.1 Å². The number of amides is 1. The van der Waals surface area contributed by atoms with Crippen LogP contribution < -0.4 is 15.8 Å². The Morgan fingerprint density at radius 1 is 1.45 bits per heavy atom. The standard InChI is InChI=1S/C16H24N2O2/c1-11(2)20-15-5-3-4-12(9-15)8-13(10-17)16(19)18-14-6-7-14/h3-5,9,11,13-14H,6-8,10,17H2,1-2H3,(H,18,19). The number of rotatable bonds is 7. The molecule has 1 saturated carbocycles. The first-order valence-corrected chi connectivity index (χ1v) is 7.34. The summed E-state index contributed by atoms with van der Waals surface area (Å²) in [6, 6.07) is 8.28. The molecular weight excluding hydrogens is 252 g/mol. The lowest BCUT2D eigenvalue weighted by molar-refractivity contribution is -0.124. The first-order valence-electron chi connectivity index (χ1n) is 7.34. The Morgan fingerprint density at radius 2 is 2.20 bits per heavy atom. The van der Waals surface area contributed by atoms with Crippen LogP contribution in [0.25, 0.3) is 0 Å². The zero-order valence-electron chi connectivity index (χ0n) is 12.3. The molecule has 2 rings (SSSR count). The van der Waals surface area contributed by atoms with E-state index < -0.39 is 0 Å². The second-order valence-corrected chi connectivity index (χ2v) is 5.73. The monoisotopic (exact) mass is 276 g/mol. The number of benzene rings is 1. The molecule has 1 unspecified atom stereocenters. The predicted octanol–water partition coefficient (Wildman–Crippen LogP) is 1.87. The van der Waals surface area contributed by atoms with Crippen LogP contribution in [0.15, 0.2) is 24.3 Å². The first kappa shape index (κ1) is 14.9. The third-order valence-electron chi connectivity index (χ3n) is 3.33. The van der Waals surface area contributed by atoms with Gasteiger partial charge < -0.3 is 15.8 Å². The number of carbonyl (C=O) groups excluding carboxylic acids is 1. The van der Waals surface area contributed by atoms with E-state index in [0.717, 1.165) is 24.2 Å². The van der Waals surface area contributed by atoms with Gasteiger partial charge in [0.2, 0.25) is 5.91 Å². The highest BCUT2D eigenvalue weighted by atomic mass is 16.5. The first-order chi connectivity index (χ1) is 9.58. The maximum absolute atomic E-state index is 12.1. The molecule has 0 heterocycles. The van der Waals surface area contributed by atoms with Gasteiger partial charge in [-0.15, -0.1) is 0 Å². The average Bonchev–Trinajstić information content (AvgIpc) is 3.19. The minimum absolute atomic E-state index is 0.0742. The van der Waals surface area contributed by atoms with Gasteiger partial charge >= 0.3 is 0 Å². The smallest absolute Gasteiger partial charge is 0.224 e. The summed E-state index contributed by atoms with van der Waals surface area (Å²) in [6.07, 6.45) is 3.00. The van der Waals surface area contributed by atoms with Crippen LogP contribution in [-0.4, -0.2) is 24.6 Å². The topological polar surface area (TPSA) is 64.3 Å². The van der Waals surface area contributed by atoms with Crippen LogP contribution in [0.4, 0.5) is 0 Å². The van der Waals surface area contributed by atoms with Crippen LogP contribution in [0, 0.1) is 5.92 Å². The molecule has 1 aromatic rings. The lowest BCUT2D eigenvalue weighted by Crippen LogP contribution is -2.37. The Hall–Kier alpha value is -1.55. The van der Waals surface area contributed by atoms with Crippen LogP contribution in [0.1, 0.15) is 32.3 Å². The predicted molar refractivity (Wildman–Crippen MR) is 79.6 cm³/mol. The summed E-state index contributed by atoms with van der Waals surface area (Å²) in [4.78, 5) is 12.1. The van der Waals surface area contributed by atoms with Crippen molar-refractivity contribution in [1.82, 2.24) is 5.32 Å². The molecule has 1 atom stereocenters. The maximum atomic E-state index is 12.1. The number of hydrogen-bond acceptors (Lipinski definition) is 3. The molecular formula is C16H24N2O2. The second-order valence-electron chi connectivity index (χ2n) is 5.73. The van der Waals surface area contributed by atoms with Gasteiger partial charge in [-0.2, -0.15) is 0 Å². The van der Waals surface area contributed by atoms with Crippen molar-refractivity contribution in [2.24, 2.45) is 11.7 Å². The average molecular weight is 276 g/mol. The fourth-order valence-corrected chi connectivity index (χ4v) is 2.13. The molecule has 20 heavy (non-hydrogen) atoms. The molecule has 1 aliphatic carbocycles. The van der Waals surface area contributed by atoms with E-state index in [1.54, 1.807) is 0 Å². The van der Waals surface area contributed by atoms with E-state index in [2.05, 4.69) is 5.32 Å². The Kier molecular flexibility index (Phi) is 5.01. The summed E-state index contributed by atoms with van der Waals surface area (Å²) < 4.78 is 5.67. The molecule has 1 aromatic carbocycles. The normalized spacial score (nSPS) is 16.0. The van der Waals surface area contributed by atoms with Gasteiger partial charge in [-0.25, -0.2) is 0 Å². The molecule has 4 nitrogen and oxygen atoms in total. The van der Waals surface area contributed by atoms with Crippen molar-refractivity contribution in [2.45, 2.75) is 45.3 Å². The highest BCUT2D eigenvalue weighted by molar-refractivity contribution is 5.79. The van der Waals surface area contributed by atoms with Gasteiger partial charge in [0.15, 0.2) is 0 Å². The van der Waals surface area contributed by atoms with Crippen molar-refractivity contribution in [3.05, 3.63) is 29.8 Å². The van der Waals surface area contributed by atoms with Gasteiger partial charge in [0.05, 0.1) is 12.0 Å². The van der Waals surface area contributed by atoms with E-state index in [9.17, 15) is 4.79 Å². The fourth-order valence-electron chi connectivity index (χ4n) is 2.13. The van der Waals surface area contributed by atoms with Gasteiger partial charge in [0.1, 0.15) is 5.75 Å². The molecule has 1 amide bonds. The number of carbonyl (C=O) groups is 1. The van der Waals surface area contributed by atoms with Crippen LogP contribution in [0.2, 0.25) is 0 Å². The van der Waals surface area contributed by atoms with Crippen molar-refractivity contribution >= 4 is 5.91 Å². The molecule has 0 aliphatic heterocycles. The summed E-state index contributed by atoms with van der Waals surface area (Å²) in [5.41, 5.74) is 6.83. The molecule has 0 bridgehead atoms. The number of hydrogen-bond donors (Lipinski definition) is 2. The zero-order valence-corrected chi connectivity index (χ0v) is 12.3. The van der Waals surface area contributed by atoms with Gasteiger partial charge in [0, 0.05) is 12.6 Å². The van der Waals surface area contributed by atoms with E-state index in [4.69, 9.17) is 10.5 Å². The highest BCUT2D eigenvalue weighted by Gasteiger charge is 2.26. The van der Waals surface area contributed by atoms with Gasteiger partial charge in [-0.1, -0.05) is 12.1 Å². The van der Waals surface area contributed by atoms with Crippen molar-refractivity contribution in [1.29, 1.82) is 0 Å². The molecule has 0 spiro atoms. The molecule has 3 N–H and O–H groups in total. The highest BCUT2D eigenvalue weighted by Crippen LogP contribution is 2.21. The summed E-state index contributed by atoms with van der Waals surface area (Å²) >= 11 is 0. The van der Waals surface area contributed by atoms with Crippen LogP contribution in [-0.2, 0) is 11.2 Å². The molecule has 0 radical (unpaired) electrons. The fraction of sp³-hybridized carbons (Fsp3) is 0.562. The van der Waals surface area contributed by atoms with E-state index in [0.29, 0.717) is 19.0 Å². The molecule has 0 saturated heterocycles. The zero-order chi connectivity index (χ0) is 14.5. The third kappa shape index (κ3) is 4.53. The summed E-state index contributed by atoms with van der Waals surface area (Å²) in [5, 5.41) is 3.02. The molecule has 1 aliphatic rings. The Balaban J connectivity index is 1.97. The van der Waals surface area contributed by atoms with Crippen molar-refractivity contribution in [3.63, 3.8) is 0 Å². The van der Waals surface area contributed by atoms with Crippen LogP contribution in [0.5, 0.6) is 5.75 Å². The second kappa shape index (κ2) is 6.75. The summed E-state index contributed by atoms with van der Waals surface area (Å²) in [5.74, 6) is 0.756. The van der Waals surface area contributed by atoms with E-state index in [1.165, 1.54) is 0 Å². The van der Waals surface area contributed by atoms with Crippen molar-refractivity contribution < 1.29 is 9.53 Å². The van der Waals surface area contributed by atoms with Crippen molar-refractivity contribution in [2.75, 3.05) is 6.54 Å². The molecule has 110 valence electrons. The number of ether oxygens (including phenoxy) is 1. The third-order valence-corrected chi connectivity index (χ3v) is 3.33. The van der Waals surface area contributed by atoms with Crippen molar-refractivity contribution in [3.8, 4) is 5.75 Å². The minimum atomic E-state index is -0.162. The minimum Gasteiger partial charge on any atom is -0.491 e. The summed E-state index contributed by atoms with van der Waals surface area (Å²) in [7, 11) is 0. The van der Waals surface area contributed by atoms with E-state index >= 15 is 0 Å². The molecule has 0 aromatic heterocycles. The van der Waals surface area contributed by atoms with Gasteiger partial charge in [0.25, 0.3) is 0 Å². The largest absolute Gasteiger partial charge is 0.491 e. The lowest BCUT2D eigenvalue weighted by Gasteiger charge is -2.16. The van der Waals surface area contributed by atoms with E-state index in [-0.39, 0.29) is 17.9 Å². The van der Waals surface area contributed by atoms with Crippen LogP contribution >= 0.6 is 0 Å². The Morgan fingerprint density at radius 3 is 2.80 bits per heavy atom. The van der Waals surface area contributed by atoms with Crippen LogP contribution in [0.3, 0.4) is 0 Å². The lowest BCUT2D eigenvalue weighted by atomic mass is 9.98. The number of nitrogens with two attached hydrogens (primary N) is 1. The Labute approximate surface area is 120 Å². The molecule has 1 fully saturated rings. The maximum Gasteiger partial charge on any atom is 0.224 e.